The lowest BCUT2D eigenvalue weighted by molar-refractivity contribution is -0.134. The molecule has 1 aromatic rings. The van der Waals surface area contributed by atoms with Crippen molar-refractivity contribution >= 4 is 34.1 Å². The van der Waals surface area contributed by atoms with Gasteiger partial charge < -0.3 is 15.5 Å². The lowest BCUT2D eigenvalue weighted by Crippen LogP contribution is -2.58. The monoisotopic (exact) mass is 415 g/mol. The van der Waals surface area contributed by atoms with Gasteiger partial charge >= 0.3 is 0 Å². The van der Waals surface area contributed by atoms with Crippen molar-refractivity contribution in [1.82, 2.24) is 15.5 Å². The van der Waals surface area contributed by atoms with Gasteiger partial charge in [0, 0.05) is 19.3 Å². The molecule has 3 rings (SSSR count). The Labute approximate surface area is 166 Å². The Bertz CT molecular complexity index is 807. The Balaban J connectivity index is 0.00000261. The molecule has 2 aliphatic rings. The first-order chi connectivity index (χ1) is 12.3. The fraction of sp³-hybridized carbons (Fsp3) is 0.556. The topological polar surface area (TPSA) is 95.6 Å². The van der Waals surface area contributed by atoms with Gasteiger partial charge in [-0.05, 0) is 43.5 Å². The predicted octanol–water partition coefficient (Wildman–Crippen LogP) is 0.276. The molecule has 150 valence electrons. The number of halogens is 1. The Morgan fingerprint density at radius 1 is 1.19 bits per heavy atom. The summed E-state index contributed by atoms with van der Waals surface area (Å²) in [6, 6.07) is 7.99. The van der Waals surface area contributed by atoms with Crippen LogP contribution >= 0.6 is 12.4 Å². The summed E-state index contributed by atoms with van der Waals surface area (Å²) in [7, 11) is -3.58. The molecule has 0 saturated carbocycles. The van der Waals surface area contributed by atoms with E-state index in [1.165, 1.54) is 5.56 Å². The van der Waals surface area contributed by atoms with E-state index in [2.05, 4.69) is 16.7 Å². The molecule has 0 aromatic heterocycles. The Morgan fingerprint density at radius 2 is 1.81 bits per heavy atom. The molecule has 1 saturated heterocycles. The maximum Gasteiger partial charge on any atom is 0.242 e. The first-order valence-electron chi connectivity index (χ1n) is 8.87. The maximum atomic E-state index is 12.7. The molecule has 0 aliphatic carbocycles. The number of amides is 2. The van der Waals surface area contributed by atoms with Crippen LogP contribution in [0, 0.1) is 0 Å². The molecule has 2 amide bonds. The van der Waals surface area contributed by atoms with Crippen LogP contribution in [-0.2, 0) is 32.4 Å². The van der Waals surface area contributed by atoms with Crippen molar-refractivity contribution in [2.24, 2.45) is 0 Å². The third-order valence-corrected chi connectivity index (χ3v) is 7.43. The zero-order valence-electron chi connectivity index (χ0n) is 15.4. The van der Waals surface area contributed by atoms with Crippen molar-refractivity contribution in [2.45, 2.75) is 30.6 Å². The van der Waals surface area contributed by atoms with Gasteiger partial charge in [0.2, 0.25) is 11.8 Å². The normalized spacial score (nSPS) is 18.8. The van der Waals surface area contributed by atoms with Crippen LogP contribution in [-0.4, -0.2) is 62.3 Å². The largest absolute Gasteiger partial charge is 0.346 e. The summed E-state index contributed by atoms with van der Waals surface area (Å²) in [5.41, 5.74) is 2.36. The fourth-order valence-corrected chi connectivity index (χ4v) is 5.09. The molecule has 0 unspecified atom stereocenters. The standard InChI is InChI=1S/C18H25N3O4S.ClH/c1-26(24,25)18(7-9-19-10-8-18)17(23)20-12-16(22)21-11-6-14-4-2-3-5-15(14)13-21;/h2-5,19H,6-13H2,1H3,(H,20,23);1H. The highest BCUT2D eigenvalue weighted by molar-refractivity contribution is 7.92. The van der Waals surface area contributed by atoms with Crippen molar-refractivity contribution < 1.29 is 18.0 Å². The minimum atomic E-state index is -3.58. The summed E-state index contributed by atoms with van der Waals surface area (Å²) >= 11 is 0. The number of benzene rings is 1. The molecule has 0 bridgehead atoms. The zero-order chi connectivity index (χ0) is 18.8. The van der Waals surface area contributed by atoms with Gasteiger partial charge in [0.1, 0.15) is 0 Å². The van der Waals surface area contributed by atoms with Crippen LogP contribution in [0.3, 0.4) is 0 Å². The van der Waals surface area contributed by atoms with Gasteiger partial charge in [-0.15, -0.1) is 12.4 Å². The molecular formula is C18H26ClN3O4S. The maximum absolute atomic E-state index is 12.7. The molecule has 1 aromatic carbocycles. The lowest BCUT2D eigenvalue weighted by atomic mass is 9.96. The van der Waals surface area contributed by atoms with Gasteiger partial charge in [0.15, 0.2) is 14.6 Å². The van der Waals surface area contributed by atoms with Crippen molar-refractivity contribution in [2.75, 3.05) is 32.4 Å². The summed E-state index contributed by atoms with van der Waals surface area (Å²) in [6.07, 6.45) is 2.34. The van der Waals surface area contributed by atoms with E-state index in [9.17, 15) is 18.0 Å². The second-order valence-corrected chi connectivity index (χ2v) is 9.36. The number of hydrogen-bond donors (Lipinski definition) is 2. The molecule has 7 nitrogen and oxygen atoms in total. The van der Waals surface area contributed by atoms with E-state index in [1.807, 2.05) is 18.2 Å². The van der Waals surface area contributed by atoms with Crippen LogP contribution in [0.4, 0.5) is 0 Å². The highest BCUT2D eigenvalue weighted by Crippen LogP contribution is 2.28. The Hall–Kier alpha value is -1.64. The van der Waals surface area contributed by atoms with E-state index in [-0.39, 0.29) is 37.7 Å². The number of nitrogens with zero attached hydrogens (tertiary/aromatic N) is 1. The van der Waals surface area contributed by atoms with Crippen LogP contribution in [0.15, 0.2) is 24.3 Å². The van der Waals surface area contributed by atoms with Crippen molar-refractivity contribution in [3.8, 4) is 0 Å². The molecule has 2 aliphatic heterocycles. The van der Waals surface area contributed by atoms with E-state index in [1.54, 1.807) is 4.90 Å². The molecule has 1 fully saturated rings. The predicted molar refractivity (Wildman–Crippen MR) is 105 cm³/mol. The number of nitrogens with one attached hydrogen (secondary N) is 2. The summed E-state index contributed by atoms with van der Waals surface area (Å²) in [6.45, 7) is 1.89. The quantitative estimate of drug-likeness (QED) is 0.736. The molecule has 0 radical (unpaired) electrons. The van der Waals surface area contributed by atoms with Crippen molar-refractivity contribution in [1.29, 1.82) is 0 Å². The third kappa shape index (κ3) is 4.44. The van der Waals surface area contributed by atoms with Crippen LogP contribution in [0.25, 0.3) is 0 Å². The van der Waals surface area contributed by atoms with Crippen molar-refractivity contribution in [3.05, 3.63) is 35.4 Å². The average Bonchev–Trinajstić information content (AvgIpc) is 2.65. The van der Waals surface area contributed by atoms with Crippen LogP contribution < -0.4 is 10.6 Å². The fourth-order valence-electron chi connectivity index (χ4n) is 3.73. The van der Waals surface area contributed by atoms with E-state index in [4.69, 9.17) is 0 Å². The van der Waals surface area contributed by atoms with E-state index in [0.29, 0.717) is 26.2 Å². The van der Waals surface area contributed by atoms with Gasteiger partial charge in [0.25, 0.3) is 0 Å². The highest BCUT2D eigenvalue weighted by Gasteiger charge is 2.48. The van der Waals surface area contributed by atoms with Gasteiger partial charge in [-0.2, -0.15) is 0 Å². The summed E-state index contributed by atoms with van der Waals surface area (Å²) < 4.78 is 23.1. The molecule has 9 heteroatoms. The Kier molecular flexibility index (Phi) is 6.88. The number of fused-ring (bicyclic) bond motifs is 1. The molecule has 0 spiro atoms. The summed E-state index contributed by atoms with van der Waals surface area (Å²) in [5.74, 6) is -0.752. The van der Waals surface area contributed by atoms with Gasteiger partial charge in [0.05, 0.1) is 6.54 Å². The average molecular weight is 416 g/mol. The first kappa shape index (κ1) is 21.7. The van der Waals surface area contributed by atoms with Gasteiger partial charge in [-0.25, -0.2) is 8.42 Å². The molecule has 27 heavy (non-hydrogen) atoms. The van der Waals surface area contributed by atoms with E-state index in [0.717, 1.165) is 18.2 Å². The number of piperidine rings is 1. The lowest BCUT2D eigenvalue weighted by Gasteiger charge is -2.34. The highest BCUT2D eigenvalue weighted by atomic mass is 35.5. The molecule has 0 atom stereocenters. The number of carbonyl (C=O) groups excluding carboxylic acids is 2. The van der Waals surface area contributed by atoms with E-state index < -0.39 is 20.5 Å². The zero-order valence-corrected chi connectivity index (χ0v) is 17.0. The minimum absolute atomic E-state index is 0. The van der Waals surface area contributed by atoms with Crippen molar-refractivity contribution in [3.63, 3.8) is 0 Å². The van der Waals surface area contributed by atoms with Gasteiger partial charge in [-0.1, -0.05) is 24.3 Å². The number of carbonyl (C=O) groups is 2. The van der Waals surface area contributed by atoms with Crippen LogP contribution in [0.1, 0.15) is 24.0 Å². The van der Waals surface area contributed by atoms with Crippen LogP contribution in [0.5, 0.6) is 0 Å². The summed E-state index contributed by atoms with van der Waals surface area (Å²) in [5, 5.41) is 5.66. The SMILES string of the molecule is CS(=O)(=O)C1(C(=O)NCC(=O)N2CCc3ccccc3C2)CCNCC1.Cl. The number of sulfone groups is 1. The molecule has 2 heterocycles. The third-order valence-electron chi connectivity index (χ3n) is 5.42. The molecular weight excluding hydrogens is 390 g/mol. The van der Waals surface area contributed by atoms with Gasteiger partial charge in [-0.3, -0.25) is 9.59 Å². The smallest absolute Gasteiger partial charge is 0.242 e. The van der Waals surface area contributed by atoms with Crippen LogP contribution in [0.2, 0.25) is 0 Å². The van der Waals surface area contributed by atoms with E-state index >= 15 is 0 Å². The summed E-state index contributed by atoms with van der Waals surface area (Å²) in [4.78, 5) is 26.9. The Morgan fingerprint density at radius 3 is 2.44 bits per heavy atom. The minimum Gasteiger partial charge on any atom is -0.346 e. The number of rotatable bonds is 4. The second kappa shape index (κ2) is 8.58. The second-order valence-electron chi connectivity index (χ2n) is 7.03. The first-order valence-corrected chi connectivity index (χ1v) is 10.8. The number of hydrogen-bond acceptors (Lipinski definition) is 5. The molecule has 2 N–H and O–H groups in total.